The highest BCUT2D eigenvalue weighted by Gasteiger charge is 2.18. The van der Waals surface area contributed by atoms with Crippen molar-refractivity contribution in [2.75, 3.05) is 13.2 Å². The number of ether oxygens (including phenoxy) is 3. The van der Waals surface area contributed by atoms with Gasteiger partial charge in [-0.05, 0) is 6.92 Å². The third kappa shape index (κ3) is 7.54. The Morgan fingerprint density at radius 1 is 1.05 bits per heavy atom. The van der Waals surface area contributed by atoms with Crippen molar-refractivity contribution in [1.29, 1.82) is 0 Å². The van der Waals surface area contributed by atoms with E-state index in [0.717, 1.165) is 12.2 Å². The summed E-state index contributed by atoms with van der Waals surface area (Å²) in [4.78, 5) is 33.2. The maximum Gasteiger partial charge on any atom is 0.333 e. The second-order valence-corrected chi connectivity index (χ2v) is 3.48. The largest absolute Gasteiger partial charge is 0.458 e. The van der Waals surface area contributed by atoms with Gasteiger partial charge in [0, 0.05) is 17.7 Å². The molecule has 0 aliphatic heterocycles. The van der Waals surface area contributed by atoms with Crippen LogP contribution in [0.15, 0.2) is 37.5 Å². The summed E-state index contributed by atoms with van der Waals surface area (Å²) in [7, 11) is 0. The number of rotatable bonds is 8. The molecule has 0 radical (unpaired) electrons. The predicted molar refractivity (Wildman–Crippen MR) is 67.0 cm³/mol. The zero-order chi connectivity index (χ0) is 14.8. The van der Waals surface area contributed by atoms with E-state index in [1.807, 2.05) is 0 Å². The molecular weight excluding hydrogens is 252 g/mol. The molecule has 19 heavy (non-hydrogen) atoms. The zero-order valence-corrected chi connectivity index (χ0v) is 10.7. The number of hydrogen-bond acceptors (Lipinski definition) is 6. The molecule has 6 nitrogen and oxygen atoms in total. The van der Waals surface area contributed by atoms with Crippen molar-refractivity contribution in [1.82, 2.24) is 0 Å². The number of esters is 3. The van der Waals surface area contributed by atoms with Crippen molar-refractivity contribution in [2.24, 2.45) is 0 Å². The lowest BCUT2D eigenvalue weighted by Gasteiger charge is -2.17. The fourth-order valence-electron chi connectivity index (χ4n) is 0.836. The van der Waals surface area contributed by atoms with E-state index in [4.69, 9.17) is 14.2 Å². The molecule has 0 saturated heterocycles. The molecule has 0 saturated carbocycles. The third-order valence-corrected chi connectivity index (χ3v) is 1.78. The topological polar surface area (TPSA) is 78.9 Å². The van der Waals surface area contributed by atoms with Gasteiger partial charge in [0.15, 0.2) is 6.10 Å². The lowest BCUT2D eigenvalue weighted by Crippen LogP contribution is -2.30. The lowest BCUT2D eigenvalue weighted by molar-refractivity contribution is -0.160. The standard InChI is InChI=1S/C13H16O6/c1-5-11(14)17-7-10(8-18-12(15)6-2)19-13(16)9(3)4/h5-6,10H,1-3,7-8H2,4H3. The lowest BCUT2D eigenvalue weighted by atomic mass is 10.3. The van der Waals surface area contributed by atoms with E-state index in [1.165, 1.54) is 6.92 Å². The molecule has 0 atom stereocenters. The second-order valence-electron chi connectivity index (χ2n) is 3.48. The van der Waals surface area contributed by atoms with Crippen molar-refractivity contribution in [3.05, 3.63) is 37.5 Å². The summed E-state index contributed by atoms with van der Waals surface area (Å²) < 4.78 is 14.4. The van der Waals surface area contributed by atoms with E-state index in [2.05, 4.69) is 19.7 Å². The first-order valence-corrected chi connectivity index (χ1v) is 5.35. The van der Waals surface area contributed by atoms with Gasteiger partial charge in [-0.3, -0.25) is 0 Å². The minimum absolute atomic E-state index is 0.176. The Bertz CT molecular complexity index is 372. The predicted octanol–water partition coefficient (Wildman–Crippen LogP) is 0.933. The summed E-state index contributed by atoms with van der Waals surface area (Å²) in [5.41, 5.74) is 0.176. The van der Waals surface area contributed by atoms with Crippen LogP contribution in [0.3, 0.4) is 0 Å². The number of hydrogen-bond donors (Lipinski definition) is 0. The van der Waals surface area contributed by atoms with E-state index in [1.54, 1.807) is 0 Å². The molecule has 0 aromatic heterocycles. The van der Waals surface area contributed by atoms with Gasteiger partial charge in [-0.2, -0.15) is 0 Å². The molecule has 6 heteroatoms. The van der Waals surface area contributed by atoms with Gasteiger partial charge in [0.1, 0.15) is 13.2 Å². The van der Waals surface area contributed by atoms with Crippen LogP contribution >= 0.6 is 0 Å². The summed E-state index contributed by atoms with van der Waals surface area (Å²) >= 11 is 0. The average molecular weight is 268 g/mol. The van der Waals surface area contributed by atoms with Crippen LogP contribution in [-0.2, 0) is 28.6 Å². The second kappa shape index (κ2) is 8.68. The van der Waals surface area contributed by atoms with Gasteiger partial charge >= 0.3 is 17.9 Å². The molecule has 0 spiro atoms. The molecule has 0 aliphatic rings. The molecule has 0 fully saturated rings. The van der Waals surface area contributed by atoms with Crippen molar-refractivity contribution in [3.8, 4) is 0 Å². The fourth-order valence-corrected chi connectivity index (χ4v) is 0.836. The van der Waals surface area contributed by atoms with Crippen molar-refractivity contribution >= 4 is 17.9 Å². The Morgan fingerprint density at radius 2 is 1.47 bits per heavy atom. The fraction of sp³-hybridized carbons (Fsp3) is 0.308. The van der Waals surface area contributed by atoms with Gasteiger partial charge in [0.2, 0.25) is 0 Å². The summed E-state index contributed by atoms with van der Waals surface area (Å²) in [6, 6.07) is 0. The van der Waals surface area contributed by atoms with Gasteiger partial charge in [-0.25, -0.2) is 14.4 Å². The SMILES string of the molecule is C=CC(=O)OCC(COC(=O)C=C)OC(=O)C(=C)C. The van der Waals surface area contributed by atoms with Gasteiger partial charge in [-0.1, -0.05) is 19.7 Å². The molecule has 0 heterocycles. The van der Waals surface area contributed by atoms with Crippen LogP contribution in [0.5, 0.6) is 0 Å². The van der Waals surface area contributed by atoms with Gasteiger partial charge < -0.3 is 14.2 Å². The highest BCUT2D eigenvalue weighted by Crippen LogP contribution is 2.02. The van der Waals surface area contributed by atoms with Crippen LogP contribution in [0.1, 0.15) is 6.92 Å². The smallest absolute Gasteiger partial charge is 0.333 e. The zero-order valence-electron chi connectivity index (χ0n) is 10.7. The first-order valence-electron chi connectivity index (χ1n) is 5.35. The van der Waals surface area contributed by atoms with Gasteiger partial charge in [0.25, 0.3) is 0 Å². The number of carbonyl (C=O) groups is 3. The van der Waals surface area contributed by atoms with Crippen molar-refractivity contribution < 1.29 is 28.6 Å². The van der Waals surface area contributed by atoms with E-state index >= 15 is 0 Å². The molecule has 0 amide bonds. The Labute approximate surface area is 111 Å². The Morgan fingerprint density at radius 3 is 1.79 bits per heavy atom. The highest BCUT2D eigenvalue weighted by atomic mass is 16.6. The maximum absolute atomic E-state index is 11.3. The van der Waals surface area contributed by atoms with Crippen LogP contribution < -0.4 is 0 Å². The van der Waals surface area contributed by atoms with E-state index in [0.29, 0.717) is 0 Å². The summed E-state index contributed by atoms with van der Waals surface area (Å²) in [5, 5.41) is 0. The first-order chi connectivity index (χ1) is 8.90. The van der Waals surface area contributed by atoms with Gasteiger partial charge in [-0.15, -0.1) is 0 Å². The van der Waals surface area contributed by atoms with Crippen LogP contribution in [0.4, 0.5) is 0 Å². The molecular formula is C13H16O6. The minimum atomic E-state index is -0.919. The van der Waals surface area contributed by atoms with Crippen LogP contribution in [-0.4, -0.2) is 37.2 Å². The molecule has 0 bridgehead atoms. The van der Waals surface area contributed by atoms with E-state index < -0.39 is 24.0 Å². The monoisotopic (exact) mass is 268 g/mol. The van der Waals surface area contributed by atoms with Crippen LogP contribution in [0.2, 0.25) is 0 Å². The number of carbonyl (C=O) groups excluding carboxylic acids is 3. The minimum Gasteiger partial charge on any atom is -0.458 e. The Balaban J connectivity index is 4.44. The van der Waals surface area contributed by atoms with Crippen molar-refractivity contribution in [2.45, 2.75) is 13.0 Å². The Kier molecular flexibility index (Phi) is 7.60. The molecule has 0 aromatic carbocycles. The molecule has 0 unspecified atom stereocenters. The summed E-state index contributed by atoms with van der Waals surface area (Å²) in [6.07, 6.45) is 1.01. The van der Waals surface area contributed by atoms with Crippen LogP contribution in [0.25, 0.3) is 0 Å². The molecule has 0 aromatic rings. The molecule has 0 aliphatic carbocycles. The van der Waals surface area contributed by atoms with Crippen molar-refractivity contribution in [3.63, 3.8) is 0 Å². The van der Waals surface area contributed by atoms with Gasteiger partial charge in [0.05, 0.1) is 0 Å². The average Bonchev–Trinajstić information content (AvgIpc) is 2.40. The molecule has 0 rings (SSSR count). The van der Waals surface area contributed by atoms with E-state index in [-0.39, 0.29) is 18.8 Å². The normalized spacial score (nSPS) is 9.37. The highest BCUT2D eigenvalue weighted by molar-refractivity contribution is 5.87. The first kappa shape index (κ1) is 16.6. The molecule has 0 N–H and O–H groups in total. The quantitative estimate of drug-likeness (QED) is 0.370. The molecule has 104 valence electrons. The van der Waals surface area contributed by atoms with Crippen LogP contribution in [0, 0.1) is 0 Å². The summed E-state index contributed by atoms with van der Waals surface area (Å²) in [5.74, 6) is -2.02. The Hall–Kier alpha value is -2.37. The summed E-state index contributed by atoms with van der Waals surface area (Å²) in [6.45, 7) is 10.8. The van der Waals surface area contributed by atoms with E-state index in [9.17, 15) is 14.4 Å². The third-order valence-electron chi connectivity index (χ3n) is 1.78. The maximum atomic E-state index is 11.3.